The number of halogens is 15. The first-order valence-electron chi connectivity index (χ1n) is 20.3. The van der Waals surface area contributed by atoms with Crippen LogP contribution < -0.4 is 43.8 Å². The summed E-state index contributed by atoms with van der Waals surface area (Å²) in [5.74, 6) is -9.83. The van der Waals surface area contributed by atoms with E-state index in [0.29, 0.717) is 35.4 Å². The number of phenolic OH excluding ortho intramolecular Hbond substituents is 1. The topological polar surface area (TPSA) is 47.9 Å². The zero-order chi connectivity index (χ0) is 51.2. The van der Waals surface area contributed by atoms with Crippen molar-refractivity contribution >= 4 is 11.6 Å². The van der Waals surface area contributed by atoms with E-state index in [2.05, 4.69) is 39.7 Å². The van der Waals surface area contributed by atoms with Crippen molar-refractivity contribution in [1.82, 2.24) is 0 Å². The van der Waals surface area contributed by atoms with E-state index in [9.17, 15) is 61.5 Å². The third-order valence-corrected chi connectivity index (χ3v) is 9.37. The molecule has 0 heterocycles. The monoisotopic (exact) mass is 1030 g/mol. The van der Waals surface area contributed by atoms with Crippen molar-refractivity contribution < 1.29 is 112 Å². The van der Waals surface area contributed by atoms with E-state index in [1.165, 1.54) is 42.0 Å². The summed E-state index contributed by atoms with van der Waals surface area (Å²) in [7, 11) is 0. The Balaban J connectivity index is 0.000000423. The van der Waals surface area contributed by atoms with Crippen molar-refractivity contribution in [3.05, 3.63) is 191 Å². The summed E-state index contributed by atoms with van der Waals surface area (Å²) < 4.78 is 195. The largest absolute Gasteiger partial charge is 1.00 e. The summed E-state index contributed by atoms with van der Waals surface area (Å²) >= 11 is 4.59. The molecule has 1 N–H and O–H groups in total. The van der Waals surface area contributed by atoms with Gasteiger partial charge in [-0.25, -0.2) is 17.6 Å². The van der Waals surface area contributed by atoms with Gasteiger partial charge < -0.3 is 20.7 Å². The van der Waals surface area contributed by atoms with Crippen LogP contribution in [-0.2, 0) is 25.1 Å². The molecular weight excluding hydrogens is 989 g/mol. The Morgan fingerprint density at radius 3 is 1.10 bits per heavy atom. The fourth-order valence-corrected chi connectivity index (χ4v) is 6.14. The fraction of sp³-hybridized carbons (Fsp3) is 0.200. The molecule has 0 unspecified atom stereocenters. The van der Waals surface area contributed by atoms with Crippen LogP contribution in [0.4, 0.5) is 61.5 Å². The number of ether oxygens (including phenoxy) is 3. The minimum absolute atomic E-state index is 0. The summed E-state index contributed by atoms with van der Waals surface area (Å²) in [6.45, 7) is 4.16. The van der Waals surface area contributed by atoms with Crippen molar-refractivity contribution in [3.63, 3.8) is 0 Å². The molecule has 4 nitrogen and oxygen atoms in total. The Morgan fingerprint density at radius 1 is 0.500 bits per heavy atom. The molecule has 0 radical (unpaired) electrons. The van der Waals surface area contributed by atoms with Crippen LogP contribution in [0.2, 0.25) is 0 Å². The molecule has 6 aromatic rings. The van der Waals surface area contributed by atoms with E-state index in [4.69, 9.17) is 5.11 Å². The molecule has 0 spiro atoms. The number of aromatic hydroxyl groups is 1. The molecule has 6 rings (SSSR count). The van der Waals surface area contributed by atoms with Crippen LogP contribution in [-0.4, -0.2) is 17.5 Å². The summed E-state index contributed by atoms with van der Waals surface area (Å²) in [6.07, 6.45) is -13.2. The number of allylic oxidation sites excluding steroid dienone is 2. The second-order valence-corrected chi connectivity index (χ2v) is 14.8. The molecule has 0 aliphatic heterocycles. The molecule has 370 valence electrons. The Labute approximate surface area is 421 Å². The first kappa shape index (κ1) is 58.6. The first-order chi connectivity index (χ1) is 32.3. The quantitative estimate of drug-likeness (QED) is 0.0671. The predicted molar refractivity (Wildman–Crippen MR) is 233 cm³/mol. The maximum absolute atomic E-state index is 14.6. The van der Waals surface area contributed by atoms with Crippen LogP contribution in [0, 0.1) is 23.3 Å². The average Bonchev–Trinajstić information content (AvgIpc) is 3.27. The Kier molecular flexibility index (Phi) is 21.7. The Morgan fingerprint density at radius 2 is 0.814 bits per heavy atom. The molecule has 0 saturated heterocycles. The summed E-state index contributed by atoms with van der Waals surface area (Å²) in [4.78, 5) is 0. The Hall–Kier alpha value is -5.69. The number of rotatable bonds is 14. The molecule has 0 bridgehead atoms. The number of phenols is 1. The van der Waals surface area contributed by atoms with Crippen LogP contribution in [0.25, 0.3) is 22.3 Å². The molecule has 6 aromatic carbocycles. The zero-order valence-electron chi connectivity index (χ0n) is 38.0. The van der Waals surface area contributed by atoms with Gasteiger partial charge in [-0.1, -0.05) is 111 Å². The van der Waals surface area contributed by atoms with Gasteiger partial charge in [0.25, 0.3) is 0 Å². The number of hydrogen-bond acceptors (Lipinski definition) is 4. The van der Waals surface area contributed by atoms with E-state index < -0.39 is 82.0 Å². The van der Waals surface area contributed by atoms with Crippen LogP contribution in [0.3, 0.4) is 0 Å². The molecule has 0 atom stereocenters. The molecule has 0 amide bonds. The van der Waals surface area contributed by atoms with E-state index in [0.717, 1.165) is 60.1 Å². The van der Waals surface area contributed by atoms with Crippen LogP contribution in [0.1, 0.15) is 50.4 Å². The predicted octanol–water partition coefficient (Wildman–Crippen LogP) is 14.0. The van der Waals surface area contributed by atoms with Crippen molar-refractivity contribution in [2.24, 2.45) is 0 Å². The Bertz CT molecular complexity index is 2600. The summed E-state index contributed by atoms with van der Waals surface area (Å²) in [6, 6.07) is 27.9. The number of benzene rings is 6. The van der Waals surface area contributed by atoms with Crippen molar-refractivity contribution in [3.8, 4) is 45.3 Å². The van der Waals surface area contributed by atoms with Gasteiger partial charge in [-0.3, -0.25) is 0 Å². The molecule has 0 fully saturated rings. The molecule has 0 saturated carbocycles. The van der Waals surface area contributed by atoms with E-state index in [1.54, 1.807) is 0 Å². The maximum atomic E-state index is 14.6. The van der Waals surface area contributed by atoms with Gasteiger partial charge in [0.2, 0.25) is 0 Å². The van der Waals surface area contributed by atoms with Crippen LogP contribution in [0.15, 0.2) is 145 Å². The number of aryl methyl sites for hydroxylation is 2. The first-order valence-corrected chi connectivity index (χ1v) is 20.7. The average molecular weight is 1030 g/mol. The molecule has 70 heavy (non-hydrogen) atoms. The maximum Gasteiger partial charge on any atom is 1.00 e. The van der Waals surface area contributed by atoms with Gasteiger partial charge in [0.15, 0.2) is 34.8 Å². The smallest absolute Gasteiger partial charge is 1.00 e. The van der Waals surface area contributed by atoms with Crippen molar-refractivity contribution in [2.45, 2.75) is 64.1 Å². The second-order valence-electron chi connectivity index (χ2n) is 14.5. The summed E-state index contributed by atoms with van der Waals surface area (Å²) in [5.41, 5.74) is 4.93. The SMILES string of the molecule is CCCc1ccc(-c2ccc(C(F)(F)Oc3cc(F)c(O)c(F)c3)cc2)cc1.CCCc1ccc(-c2ccc(C(F)(F)Oc3cc(F)c(O/C=C/C(F)(F)F)c(F)c3)cc2)cc1.FC(F)(F)/C=C/Cl.[H-].[Na+]. The van der Waals surface area contributed by atoms with E-state index in [1.807, 2.05) is 48.5 Å². The standard InChI is InChI=1S/C25H19F7O2.C22H18F4O2.C3H2ClF3.Na.H/c1-2-3-16-4-6-17(7-5-16)18-8-10-19(11-9-18)25(31,32)34-20-14-21(26)23(22(27)15-20)33-13-12-24(28,29)30;1-2-3-14-4-6-15(7-5-14)16-8-10-17(11-9-16)22(25,26)28-18-12-19(23)21(27)20(24)13-18;4-2-1-3(5,6)7;;/h4-15H,2-3H2,1H3;4-13,27H,2-3H2,1H3;1-2H;;/q;;;+1;-1/b13-12+;;2-1+;;. The molecule has 0 aromatic heterocycles. The number of hydrogen-bond donors (Lipinski definition) is 1. The minimum Gasteiger partial charge on any atom is -1.00 e. The zero-order valence-corrected chi connectivity index (χ0v) is 39.8. The van der Waals surface area contributed by atoms with Gasteiger partial charge in [0.05, 0.1) is 23.5 Å². The van der Waals surface area contributed by atoms with E-state index >= 15 is 0 Å². The number of alkyl halides is 10. The van der Waals surface area contributed by atoms with Crippen molar-refractivity contribution in [2.75, 3.05) is 0 Å². The van der Waals surface area contributed by atoms with Gasteiger partial charge in [-0.2, -0.15) is 43.9 Å². The van der Waals surface area contributed by atoms with Gasteiger partial charge in [0.1, 0.15) is 11.5 Å². The third-order valence-electron chi connectivity index (χ3n) is 9.24. The molecule has 0 aliphatic rings. The van der Waals surface area contributed by atoms with Gasteiger partial charge in [-0.05, 0) is 70.5 Å². The third kappa shape index (κ3) is 18.2. The second kappa shape index (κ2) is 26.0. The van der Waals surface area contributed by atoms with E-state index in [-0.39, 0.29) is 49.4 Å². The minimum atomic E-state index is -4.76. The van der Waals surface area contributed by atoms with Crippen LogP contribution in [0.5, 0.6) is 23.0 Å². The molecule has 0 aliphatic carbocycles. The fourth-order valence-electron chi connectivity index (χ4n) is 5.99. The molecule has 20 heteroatoms. The molecular formula is C50H40ClF14NaO4. The van der Waals surface area contributed by atoms with Crippen LogP contribution >= 0.6 is 11.6 Å². The van der Waals surface area contributed by atoms with Gasteiger partial charge in [0, 0.05) is 35.9 Å². The van der Waals surface area contributed by atoms with Crippen molar-refractivity contribution in [1.29, 1.82) is 0 Å². The van der Waals surface area contributed by atoms with Gasteiger partial charge >= 0.3 is 54.1 Å². The normalized spacial score (nSPS) is 11.8. The van der Waals surface area contributed by atoms with Gasteiger partial charge in [-0.15, -0.1) is 0 Å². The summed E-state index contributed by atoms with van der Waals surface area (Å²) in [5, 5.41) is 9.04.